The zero-order chi connectivity index (χ0) is 44.5. The Hall–Kier alpha value is -4.71. The first-order valence-electron chi connectivity index (χ1n) is 18.3. The third kappa shape index (κ3) is 16.7. The van der Waals surface area contributed by atoms with Crippen molar-refractivity contribution in [1.82, 2.24) is 0 Å². The number of hydrogen-bond donors (Lipinski definition) is 4. The second kappa shape index (κ2) is 30.3. The number of benzene rings is 6. The van der Waals surface area contributed by atoms with Gasteiger partial charge in [0.2, 0.25) is 0 Å². The summed E-state index contributed by atoms with van der Waals surface area (Å²) in [5.41, 5.74) is 1.29. The normalized spacial score (nSPS) is 10.1. The molecule has 0 aromatic heterocycles. The molecule has 324 valence electrons. The topological polar surface area (TPSA) is 201 Å². The molecular formula is C45H52Br2CoN3O9. The average Bonchev–Trinajstić information content (AvgIpc) is 3.27. The summed E-state index contributed by atoms with van der Waals surface area (Å²) in [6.07, 6.45) is 2.78. The van der Waals surface area contributed by atoms with Crippen molar-refractivity contribution in [2.75, 3.05) is 55.2 Å². The molecule has 0 aliphatic carbocycles. The largest absolute Gasteiger partial charge is 3.00 e. The minimum Gasteiger partial charge on any atom is -0.871 e. The second-order valence-corrected chi connectivity index (χ2v) is 13.5. The maximum Gasteiger partial charge on any atom is 3.00 e. The fourth-order valence-corrected chi connectivity index (χ4v) is 6.23. The van der Waals surface area contributed by atoms with Crippen LogP contribution in [0.25, 0.3) is 21.5 Å². The van der Waals surface area contributed by atoms with Gasteiger partial charge in [-0.25, -0.2) is 0 Å². The number of quaternary nitrogens is 1. The van der Waals surface area contributed by atoms with Crippen molar-refractivity contribution >= 4 is 77.2 Å². The number of hydrogen-bond acceptors (Lipinski definition) is 11. The molecule has 0 radical (unpaired) electrons. The number of ether oxygens (including phenoxy) is 2. The number of rotatable bonds is 9. The smallest absolute Gasteiger partial charge is 0.871 e. The van der Waals surface area contributed by atoms with Crippen molar-refractivity contribution in [2.45, 2.75) is 20.8 Å². The van der Waals surface area contributed by atoms with Gasteiger partial charge in [0.15, 0.2) is 0 Å². The van der Waals surface area contributed by atoms with E-state index in [0.717, 1.165) is 42.9 Å². The number of nitrogens with zero attached hydrogens (tertiary/aromatic N) is 2. The molecule has 0 heterocycles. The van der Waals surface area contributed by atoms with Crippen LogP contribution in [0, 0.1) is 0 Å². The van der Waals surface area contributed by atoms with E-state index in [0.29, 0.717) is 31.4 Å². The van der Waals surface area contributed by atoms with Crippen LogP contribution in [0.5, 0.6) is 34.5 Å². The van der Waals surface area contributed by atoms with Crippen LogP contribution in [-0.4, -0.2) is 82.9 Å². The Kier molecular flexibility index (Phi) is 27.9. The predicted octanol–water partition coefficient (Wildman–Crippen LogP) is 5.77. The molecule has 0 spiro atoms. The van der Waals surface area contributed by atoms with Gasteiger partial charge in [-0.05, 0) is 89.8 Å². The van der Waals surface area contributed by atoms with Crippen LogP contribution in [-0.2, 0) is 16.8 Å². The first kappa shape index (κ1) is 55.3. The molecule has 12 nitrogen and oxygen atoms in total. The molecule has 15 heteroatoms. The van der Waals surface area contributed by atoms with E-state index in [4.69, 9.17) is 24.8 Å². The molecule has 60 heavy (non-hydrogen) atoms. The summed E-state index contributed by atoms with van der Waals surface area (Å²) in [5.74, 6) is -0.465. The van der Waals surface area contributed by atoms with Crippen LogP contribution in [0.3, 0.4) is 0 Å². The molecule has 0 fully saturated rings. The number of fused-ring (bicyclic) bond motifs is 2. The molecule has 6 aromatic rings. The summed E-state index contributed by atoms with van der Waals surface area (Å²) in [4.78, 5) is 10.1. The van der Waals surface area contributed by atoms with Gasteiger partial charge in [-0.3, -0.25) is 9.98 Å². The molecule has 0 aliphatic heterocycles. The Labute approximate surface area is 379 Å². The van der Waals surface area contributed by atoms with Gasteiger partial charge < -0.3 is 50.1 Å². The maximum absolute atomic E-state index is 12.2. The third-order valence-electron chi connectivity index (χ3n) is 8.38. The number of aliphatic imine (C=N–C) groups is 2. The van der Waals surface area contributed by atoms with Crippen LogP contribution in [0.4, 0.5) is 11.4 Å². The number of aliphatic hydroxyl groups excluding tert-OH is 3. The van der Waals surface area contributed by atoms with Gasteiger partial charge in [-0.2, -0.15) is 0 Å². The van der Waals surface area contributed by atoms with Crippen LogP contribution >= 0.6 is 31.9 Å². The summed E-state index contributed by atoms with van der Waals surface area (Å²) >= 11 is 6.64. The number of nitrogens with one attached hydrogen (secondary N) is 1. The van der Waals surface area contributed by atoms with Crippen LogP contribution in [0.15, 0.2) is 116 Å². The molecule has 0 unspecified atom stereocenters. The van der Waals surface area contributed by atoms with Crippen LogP contribution in [0.1, 0.15) is 31.9 Å². The summed E-state index contributed by atoms with van der Waals surface area (Å²) in [7, 11) is 5.87. The van der Waals surface area contributed by atoms with Gasteiger partial charge in [0.1, 0.15) is 11.5 Å². The number of aliphatic hydroxyl groups is 3. The third-order valence-corrected chi connectivity index (χ3v) is 9.29. The molecule has 0 bridgehead atoms. The monoisotopic (exact) mass is 995 g/mol. The molecule has 6 rings (SSSR count). The summed E-state index contributed by atoms with van der Waals surface area (Å²) in [5, 5.41) is 73.1. The van der Waals surface area contributed by atoms with Gasteiger partial charge in [-0.15, -0.1) is 0 Å². The van der Waals surface area contributed by atoms with E-state index >= 15 is 0 Å². The minimum atomic E-state index is -0.271. The van der Waals surface area contributed by atoms with Crippen molar-refractivity contribution in [3.63, 3.8) is 0 Å². The molecule has 0 saturated heterocycles. The summed E-state index contributed by atoms with van der Waals surface area (Å²) < 4.78 is 11.5. The first-order valence-corrected chi connectivity index (χ1v) is 19.8. The second-order valence-electron chi connectivity index (χ2n) is 11.7. The Balaban J connectivity index is 0.000000895. The van der Waals surface area contributed by atoms with E-state index in [-0.39, 0.29) is 51.3 Å². The Bertz CT molecular complexity index is 2080. The van der Waals surface area contributed by atoms with E-state index in [2.05, 4.69) is 62.6 Å². The minimum absolute atomic E-state index is 0. The fraction of sp³-hybridized carbons (Fsp3) is 0.244. The number of halogens is 2. The average molecular weight is 998 g/mol. The molecular weight excluding hydrogens is 945 g/mol. The molecule has 0 aliphatic rings. The Morgan fingerprint density at radius 1 is 0.533 bits per heavy atom. The van der Waals surface area contributed by atoms with E-state index in [1.165, 1.54) is 46.3 Å². The zero-order valence-corrected chi connectivity index (χ0v) is 39.0. The standard InChI is InChI=1S/2C18H14BrNO3.C6H15N.3CH4O.Co/c2*1-23-17-9-14(19)6-13(18(17)22)10-20-15-7-11-4-2-3-5-12(11)8-16(15)21;1-4-7(5-2)6-3;3*1-2;/h2*2-10,21-22H,1H3;4-6H2,1-3H3;3*2H,1H3;/q;;;;;;+3/p-3. The fourth-order valence-electron chi connectivity index (χ4n) is 5.32. The van der Waals surface area contributed by atoms with Crippen LogP contribution < -0.4 is 34.8 Å². The predicted molar refractivity (Wildman–Crippen MR) is 239 cm³/mol. The van der Waals surface area contributed by atoms with E-state index in [1.54, 1.807) is 53.4 Å². The quantitative estimate of drug-likeness (QED) is 0.130. The van der Waals surface area contributed by atoms with Crippen LogP contribution in [0.2, 0.25) is 0 Å². The molecule has 0 amide bonds. The molecule has 0 atom stereocenters. The Morgan fingerprint density at radius 2 is 0.833 bits per heavy atom. The SMILES string of the molecule is CC[NH+](CC)CC.CO.CO.CO.COc1cc(Br)cc(C=Nc2cc3ccccc3cc2[O-])c1[O-].COc1cc(Br)cc(C=Nc2cc3ccccc3cc2[O-])c1[O-].[Co+3]. The van der Waals surface area contributed by atoms with Gasteiger partial charge in [0.05, 0.1) is 45.2 Å². The van der Waals surface area contributed by atoms with Gasteiger partial charge in [0.25, 0.3) is 0 Å². The van der Waals surface area contributed by atoms with E-state index in [9.17, 15) is 20.4 Å². The Morgan fingerprint density at radius 3 is 1.10 bits per heavy atom. The van der Waals surface area contributed by atoms with E-state index in [1.807, 2.05) is 48.5 Å². The van der Waals surface area contributed by atoms with Crippen molar-refractivity contribution in [3.8, 4) is 34.5 Å². The zero-order valence-electron chi connectivity index (χ0n) is 34.8. The van der Waals surface area contributed by atoms with E-state index < -0.39 is 0 Å². The van der Waals surface area contributed by atoms with Crippen molar-refractivity contribution in [3.05, 3.63) is 117 Å². The number of methoxy groups -OCH3 is 2. The van der Waals surface area contributed by atoms with Crippen molar-refractivity contribution < 1.29 is 66.9 Å². The van der Waals surface area contributed by atoms with Crippen molar-refractivity contribution in [2.24, 2.45) is 9.98 Å². The molecule has 4 N–H and O–H groups in total. The maximum atomic E-state index is 12.2. The van der Waals surface area contributed by atoms with Gasteiger partial charge >= 0.3 is 16.8 Å². The first-order chi connectivity index (χ1) is 28.5. The van der Waals surface area contributed by atoms with Gasteiger partial charge in [-0.1, -0.05) is 116 Å². The summed E-state index contributed by atoms with van der Waals surface area (Å²) in [6, 6.07) is 28.1. The molecule has 6 aromatic carbocycles. The molecule has 0 saturated carbocycles. The van der Waals surface area contributed by atoms with Gasteiger partial charge in [0, 0.05) is 42.7 Å². The van der Waals surface area contributed by atoms with Crippen molar-refractivity contribution in [1.29, 1.82) is 0 Å². The summed E-state index contributed by atoms with van der Waals surface area (Å²) in [6.45, 7) is 10.5.